The second-order valence-corrected chi connectivity index (χ2v) is 14.6. The van der Waals surface area contributed by atoms with Gasteiger partial charge in [0.05, 0.1) is 0 Å². The van der Waals surface area contributed by atoms with E-state index in [0.29, 0.717) is 24.2 Å². The van der Waals surface area contributed by atoms with Gasteiger partial charge in [-0.1, -0.05) is 65.5 Å². The van der Waals surface area contributed by atoms with Crippen LogP contribution in [0.1, 0.15) is 105 Å². The zero-order chi connectivity index (χ0) is 24.2. The zero-order valence-corrected chi connectivity index (χ0v) is 22.4. The van der Waals surface area contributed by atoms with Gasteiger partial charge in [-0.05, 0) is 97.7 Å². The van der Waals surface area contributed by atoms with E-state index in [4.69, 9.17) is 0 Å². The highest BCUT2D eigenvalue weighted by atomic mass is 31.2. The molecule has 0 radical (unpaired) electrons. The van der Waals surface area contributed by atoms with Gasteiger partial charge < -0.3 is 9.79 Å². The third-order valence-electron chi connectivity index (χ3n) is 10.9. The summed E-state index contributed by atoms with van der Waals surface area (Å²) in [6.07, 6.45) is 15.0. The molecule has 0 bridgehead atoms. The van der Waals surface area contributed by atoms with Gasteiger partial charge in [0.2, 0.25) is 5.52 Å². The molecule has 1 unspecified atom stereocenters. The number of rotatable bonds is 7. The fraction of sp³-hybridized carbons (Fsp3) is 0.893. The van der Waals surface area contributed by atoms with E-state index in [9.17, 15) is 19.1 Å². The molecular formula is C28H47O4P. The van der Waals surface area contributed by atoms with Crippen molar-refractivity contribution in [3.63, 3.8) is 0 Å². The smallest absolute Gasteiger partial charge is 0.319 e. The average Bonchev–Trinajstić information content (AvgIpc) is 3.09. The lowest BCUT2D eigenvalue weighted by Gasteiger charge is -2.58. The fourth-order valence-electron chi connectivity index (χ4n) is 9.13. The standard InChI is InChI=1S/C28H47O4P/c1-18(2)7-6-8-19(3)23-11-12-24-22-10-9-21-17-20(26(29)33(30,31)32)13-15-27(21,4)25(22)14-16-28(23,24)5/h9,18-20,22-25H,6-8,10-17H2,1-5H3,(H2,30,31,32)/t19-,20?,22+,23-,24+,25+,27+,28-/m1/s1. The Balaban J connectivity index is 1.48. The monoisotopic (exact) mass is 478 g/mol. The minimum Gasteiger partial charge on any atom is -0.319 e. The molecule has 4 aliphatic carbocycles. The van der Waals surface area contributed by atoms with Crippen LogP contribution in [0, 0.1) is 52.3 Å². The molecule has 33 heavy (non-hydrogen) atoms. The SMILES string of the molecule is CC(C)CCC[C@@H](C)[C@H]1CC[C@H]2[C@@H]3CC=C4CC(C(=O)P(=O)(O)O)CC[C@]4(C)[C@H]3CC[C@]12C. The van der Waals surface area contributed by atoms with Gasteiger partial charge in [0, 0.05) is 5.92 Å². The minimum absolute atomic E-state index is 0.108. The first-order valence-electron chi connectivity index (χ1n) is 13.7. The van der Waals surface area contributed by atoms with Crippen molar-refractivity contribution in [2.24, 2.45) is 52.3 Å². The number of carbonyl (C=O) groups excluding carboxylic acids is 1. The topological polar surface area (TPSA) is 74.6 Å². The van der Waals surface area contributed by atoms with Gasteiger partial charge in [-0.15, -0.1) is 0 Å². The van der Waals surface area contributed by atoms with Gasteiger partial charge in [0.15, 0.2) is 0 Å². The second kappa shape index (κ2) is 9.21. The van der Waals surface area contributed by atoms with E-state index in [1.165, 1.54) is 50.5 Å². The lowest BCUT2D eigenvalue weighted by Crippen LogP contribution is -2.50. The van der Waals surface area contributed by atoms with Gasteiger partial charge >= 0.3 is 7.60 Å². The van der Waals surface area contributed by atoms with Crippen LogP contribution in [0.2, 0.25) is 0 Å². The fourth-order valence-corrected chi connectivity index (χ4v) is 9.83. The van der Waals surface area contributed by atoms with Crippen molar-refractivity contribution in [2.75, 3.05) is 0 Å². The highest BCUT2D eigenvalue weighted by Gasteiger charge is 2.59. The highest BCUT2D eigenvalue weighted by molar-refractivity contribution is 7.70. The molecule has 0 aromatic rings. The summed E-state index contributed by atoms with van der Waals surface area (Å²) < 4.78 is 11.6. The minimum atomic E-state index is -4.64. The Bertz CT molecular complexity index is 828. The predicted molar refractivity (Wildman–Crippen MR) is 134 cm³/mol. The average molecular weight is 479 g/mol. The summed E-state index contributed by atoms with van der Waals surface area (Å²) in [6.45, 7) is 12.2. The van der Waals surface area contributed by atoms with Crippen molar-refractivity contribution in [1.29, 1.82) is 0 Å². The Morgan fingerprint density at radius 3 is 2.45 bits per heavy atom. The number of hydrogen-bond donors (Lipinski definition) is 2. The van der Waals surface area contributed by atoms with Crippen molar-refractivity contribution in [1.82, 2.24) is 0 Å². The van der Waals surface area contributed by atoms with Gasteiger partial charge in [0.25, 0.3) is 0 Å². The number of carbonyl (C=O) groups is 1. The number of allylic oxidation sites excluding steroid dienone is 2. The Hall–Kier alpha value is -0.440. The maximum Gasteiger partial charge on any atom is 0.391 e. The van der Waals surface area contributed by atoms with Crippen LogP contribution in [0.15, 0.2) is 11.6 Å². The maximum absolute atomic E-state index is 12.3. The van der Waals surface area contributed by atoms with Crippen LogP contribution in [0.4, 0.5) is 0 Å². The first kappa shape index (κ1) is 25.6. The molecule has 0 saturated heterocycles. The van der Waals surface area contributed by atoms with E-state index >= 15 is 0 Å². The molecule has 4 nitrogen and oxygen atoms in total. The van der Waals surface area contributed by atoms with Gasteiger partial charge in [-0.2, -0.15) is 0 Å². The molecule has 3 fully saturated rings. The summed E-state index contributed by atoms with van der Waals surface area (Å²) >= 11 is 0. The van der Waals surface area contributed by atoms with E-state index < -0.39 is 19.0 Å². The third-order valence-corrected chi connectivity index (χ3v) is 11.9. The molecule has 0 aromatic heterocycles. The molecule has 3 saturated carbocycles. The lowest BCUT2D eigenvalue weighted by molar-refractivity contribution is -0.118. The first-order chi connectivity index (χ1) is 15.4. The van der Waals surface area contributed by atoms with Crippen molar-refractivity contribution in [2.45, 2.75) is 105 Å². The van der Waals surface area contributed by atoms with Crippen LogP contribution >= 0.6 is 7.60 Å². The van der Waals surface area contributed by atoms with Crippen molar-refractivity contribution in [3.05, 3.63) is 11.6 Å². The van der Waals surface area contributed by atoms with Crippen LogP contribution in [0.25, 0.3) is 0 Å². The molecule has 0 aromatic carbocycles. The molecule has 0 heterocycles. The molecule has 0 aliphatic heterocycles. The Labute approximate surface area is 201 Å². The van der Waals surface area contributed by atoms with E-state index in [2.05, 4.69) is 40.7 Å². The van der Waals surface area contributed by atoms with Crippen LogP contribution in [-0.2, 0) is 9.36 Å². The summed E-state index contributed by atoms with van der Waals surface area (Å²) in [5.41, 5.74) is 1.06. The van der Waals surface area contributed by atoms with Crippen molar-refractivity contribution >= 4 is 13.1 Å². The molecule has 0 spiro atoms. The van der Waals surface area contributed by atoms with E-state index in [0.717, 1.165) is 42.4 Å². The van der Waals surface area contributed by atoms with E-state index in [-0.39, 0.29) is 5.41 Å². The Morgan fingerprint density at radius 2 is 1.79 bits per heavy atom. The van der Waals surface area contributed by atoms with Gasteiger partial charge in [-0.25, -0.2) is 0 Å². The van der Waals surface area contributed by atoms with Crippen LogP contribution in [-0.4, -0.2) is 15.3 Å². The molecule has 5 heteroatoms. The number of hydrogen-bond acceptors (Lipinski definition) is 2. The third kappa shape index (κ3) is 4.58. The van der Waals surface area contributed by atoms with Crippen LogP contribution < -0.4 is 0 Å². The molecule has 8 atom stereocenters. The predicted octanol–water partition coefficient (Wildman–Crippen LogP) is 7.35. The molecular weight excluding hydrogens is 431 g/mol. The summed E-state index contributed by atoms with van der Waals surface area (Å²) in [7, 11) is -4.64. The molecule has 4 rings (SSSR count). The Morgan fingerprint density at radius 1 is 1.06 bits per heavy atom. The van der Waals surface area contributed by atoms with Crippen LogP contribution in [0.3, 0.4) is 0 Å². The van der Waals surface area contributed by atoms with Crippen molar-refractivity contribution < 1.29 is 19.1 Å². The molecule has 4 aliphatic rings. The molecule has 0 amide bonds. The number of fused-ring (bicyclic) bond motifs is 5. The van der Waals surface area contributed by atoms with Crippen LogP contribution in [0.5, 0.6) is 0 Å². The maximum atomic E-state index is 12.3. The van der Waals surface area contributed by atoms with Gasteiger partial charge in [0.1, 0.15) is 0 Å². The second-order valence-electron chi connectivity index (χ2n) is 13.1. The molecule has 188 valence electrons. The quantitative estimate of drug-likeness (QED) is 0.296. The van der Waals surface area contributed by atoms with Crippen molar-refractivity contribution in [3.8, 4) is 0 Å². The summed E-state index contributed by atoms with van der Waals surface area (Å²) in [6, 6.07) is 0. The normalized spacial score (nSPS) is 41.7. The lowest BCUT2D eigenvalue weighted by atomic mass is 9.46. The summed E-state index contributed by atoms with van der Waals surface area (Å²) in [5.74, 6) is 4.17. The summed E-state index contributed by atoms with van der Waals surface area (Å²) in [5, 5.41) is 0. The van der Waals surface area contributed by atoms with Gasteiger partial charge in [-0.3, -0.25) is 9.36 Å². The largest absolute Gasteiger partial charge is 0.391 e. The molecule has 2 N–H and O–H groups in total. The highest BCUT2D eigenvalue weighted by Crippen LogP contribution is 2.68. The van der Waals surface area contributed by atoms with E-state index in [1.54, 1.807) is 0 Å². The van der Waals surface area contributed by atoms with E-state index in [1.807, 2.05) is 0 Å². The Kier molecular flexibility index (Phi) is 7.16. The zero-order valence-electron chi connectivity index (χ0n) is 21.6. The first-order valence-corrected chi connectivity index (χ1v) is 15.3. The summed E-state index contributed by atoms with van der Waals surface area (Å²) in [4.78, 5) is 31.1.